The van der Waals surface area contributed by atoms with E-state index >= 15 is 0 Å². The van der Waals surface area contributed by atoms with Crippen LogP contribution in [0.1, 0.15) is 25.7 Å². The van der Waals surface area contributed by atoms with Gasteiger partial charge < -0.3 is 24.2 Å². The maximum atomic E-state index is 6.04. The number of hydrogen-bond donors (Lipinski definition) is 1. The van der Waals surface area contributed by atoms with E-state index < -0.39 is 0 Å². The summed E-state index contributed by atoms with van der Waals surface area (Å²) in [5.74, 6) is 1.79. The number of ether oxygens (including phenoxy) is 2. The average Bonchev–Trinajstić information content (AvgIpc) is 3.43. The summed E-state index contributed by atoms with van der Waals surface area (Å²) in [6.45, 7) is 6.16. The smallest absolute Gasteiger partial charge is 0.248 e. The Balaban J connectivity index is 0.00000256. The molecule has 164 valence electrons. The molecule has 0 aliphatic carbocycles. The summed E-state index contributed by atoms with van der Waals surface area (Å²) in [7, 11) is 0. The number of benzene rings is 1. The van der Waals surface area contributed by atoms with Gasteiger partial charge in [-0.3, -0.25) is 0 Å². The molecular weight excluding hydrogens is 521 g/mol. The summed E-state index contributed by atoms with van der Waals surface area (Å²) in [5, 5.41) is 8.03. The number of nitrogens with zero attached hydrogens (tertiary/aromatic N) is 4. The third-order valence-electron chi connectivity index (χ3n) is 5.02. The van der Waals surface area contributed by atoms with Crippen LogP contribution in [0.2, 0.25) is 5.02 Å². The lowest BCUT2D eigenvalue weighted by molar-refractivity contribution is -0.0817. The van der Waals surface area contributed by atoms with Crippen LogP contribution in [0.3, 0.4) is 0 Å². The predicted molar refractivity (Wildman–Crippen MR) is 125 cm³/mol. The normalized spacial score (nSPS) is 22.1. The third kappa shape index (κ3) is 5.83. The summed E-state index contributed by atoms with van der Waals surface area (Å²) in [5.41, 5.74) is 0.816. The highest BCUT2D eigenvalue weighted by Gasteiger charge is 2.32. The minimum Gasteiger partial charge on any atom is -0.375 e. The van der Waals surface area contributed by atoms with Crippen LogP contribution in [0.15, 0.2) is 33.8 Å². The van der Waals surface area contributed by atoms with Crippen LogP contribution in [0.5, 0.6) is 0 Å². The molecule has 2 aromatic rings. The Morgan fingerprint density at radius 2 is 2.17 bits per heavy atom. The van der Waals surface area contributed by atoms with Crippen molar-refractivity contribution in [3.05, 3.63) is 35.2 Å². The van der Waals surface area contributed by atoms with Gasteiger partial charge in [0.1, 0.15) is 12.6 Å². The van der Waals surface area contributed by atoms with Crippen LogP contribution in [0.4, 0.5) is 0 Å². The second kappa shape index (κ2) is 11.3. The van der Waals surface area contributed by atoms with Crippen molar-refractivity contribution in [3.63, 3.8) is 0 Å². The molecule has 8 nitrogen and oxygen atoms in total. The molecule has 2 atom stereocenters. The molecule has 0 saturated carbocycles. The Morgan fingerprint density at radius 1 is 1.30 bits per heavy atom. The maximum Gasteiger partial charge on any atom is 0.248 e. The summed E-state index contributed by atoms with van der Waals surface area (Å²) in [6.07, 6.45) is 2.41. The summed E-state index contributed by atoms with van der Waals surface area (Å²) in [6, 6.07) is 7.37. The molecule has 30 heavy (non-hydrogen) atoms. The highest BCUT2D eigenvalue weighted by molar-refractivity contribution is 14.0. The Bertz CT molecular complexity index is 843. The fourth-order valence-corrected chi connectivity index (χ4v) is 3.81. The monoisotopic (exact) mass is 547 g/mol. The molecule has 0 radical (unpaired) electrons. The first kappa shape index (κ1) is 23.2. The first-order valence-electron chi connectivity index (χ1n) is 10.1. The Kier molecular flexibility index (Phi) is 8.72. The van der Waals surface area contributed by atoms with E-state index in [-0.39, 0.29) is 36.2 Å². The summed E-state index contributed by atoms with van der Waals surface area (Å²) >= 11 is 6.04. The molecule has 4 rings (SSSR count). The van der Waals surface area contributed by atoms with E-state index in [2.05, 4.69) is 27.3 Å². The van der Waals surface area contributed by atoms with Gasteiger partial charge >= 0.3 is 0 Å². The van der Waals surface area contributed by atoms with E-state index in [0.29, 0.717) is 29.9 Å². The van der Waals surface area contributed by atoms with E-state index in [0.717, 1.165) is 50.6 Å². The van der Waals surface area contributed by atoms with Gasteiger partial charge in [0.05, 0.1) is 12.7 Å². The van der Waals surface area contributed by atoms with Crippen molar-refractivity contribution in [1.29, 1.82) is 0 Å². The standard InChI is InChI=1S/C20H26ClN5O3.HI/c1-2-22-20(26-8-10-28-17(13-26)16-7-4-9-27-16)23-12-18-24-19(25-29-18)14-5-3-6-15(21)11-14;/h3,5-6,11,16-17H,2,4,7-10,12-13H2,1H3,(H,22,23);1H. The fourth-order valence-electron chi connectivity index (χ4n) is 3.62. The lowest BCUT2D eigenvalue weighted by Gasteiger charge is -2.37. The number of aromatic nitrogens is 2. The van der Waals surface area contributed by atoms with Gasteiger partial charge in [-0.2, -0.15) is 4.98 Å². The number of guanidine groups is 1. The third-order valence-corrected chi connectivity index (χ3v) is 5.26. The Hall–Kier alpha value is -1.43. The second-order valence-electron chi connectivity index (χ2n) is 7.10. The first-order chi connectivity index (χ1) is 14.2. The topological polar surface area (TPSA) is 85.0 Å². The number of morpholine rings is 1. The molecule has 2 fully saturated rings. The number of nitrogens with one attached hydrogen (secondary N) is 1. The zero-order valence-corrected chi connectivity index (χ0v) is 20.0. The molecule has 2 aliphatic heterocycles. The molecule has 2 aliphatic rings. The van der Waals surface area contributed by atoms with Crippen molar-refractivity contribution in [2.75, 3.05) is 32.8 Å². The molecule has 0 spiro atoms. The van der Waals surface area contributed by atoms with Crippen molar-refractivity contribution in [2.24, 2.45) is 4.99 Å². The van der Waals surface area contributed by atoms with Crippen LogP contribution >= 0.6 is 35.6 Å². The van der Waals surface area contributed by atoms with E-state index in [1.165, 1.54) is 0 Å². The van der Waals surface area contributed by atoms with Crippen molar-refractivity contribution in [1.82, 2.24) is 20.4 Å². The van der Waals surface area contributed by atoms with Crippen molar-refractivity contribution >= 4 is 41.5 Å². The van der Waals surface area contributed by atoms with Crippen molar-refractivity contribution in [3.8, 4) is 11.4 Å². The zero-order chi connectivity index (χ0) is 20.1. The van der Waals surface area contributed by atoms with E-state index in [9.17, 15) is 0 Å². The molecular formula is C20H27ClIN5O3. The number of rotatable bonds is 5. The Labute approximate surface area is 198 Å². The van der Waals surface area contributed by atoms with E-state index in [1.807, 2.05) is 24.3 Å². The van der Waals surface area contributed by atoms with Gasteiger partial charge in [0.2, 0.25) is 11.7 Å². The SMILES string of the molecule is CCNC(=NCc1nc(-c2cccc(Cl)c2)no1)N1CCOC(C2CCCO2)C1.I. The quantitative estimate of drug-likeness (QED) is 0.349. The average molecular weight is 548 g/mol. The van der Waals surface area contributed by atoms with Crippen LogP contribution < -0.4 is 5.32 Å². The summed E-state index contributed by atoms with van der Waals surface area (Å²) in [4.78, 5) is 11.4. The fraction of sp³-hybridized carbons (Fsp3) is 0.550. The van der Waals surface area contributed by atoms with Crippen LogP contribution in [-0.4, -0.2) is 66.1 Å². The van der Waals surface area contributed by atoms with Gasteiger partial charge in [-0.05, 0) is 31.9 Å². The van der Waals surface area contributed by atoms with Crippen molar-refractivity contribution in [2.45, 2.75) is 38.5 Å². The molecule has 1 aromatic carbocycles. The van der Waals surface area contributed by atoms with Gasteiger partial charge in [-0.15, -0.1) is 24.0 Å². The lowest BCUT2D eigenvalue weighted by Crippen LogP contribution is -2.53. The maximum absolute atomic E-state index is 6.04. The highest BCUT2D eigenvalue weighted by Crippen LogP contribution is 2.22. The van der Waals surface area contributed by atoms with Gasteiger partial charge in [0.15, 0.2) is 5.96 Å². The van der Waals surface area contributed by atoms with Gasteiger partial charge in [0, 0.05) is 36.8 Å². The van der Waals surface area contributed by atoms with Gasteiger partial charge in [-0.1, -0.05) is 28.9 Å². The zero-order valence-electron chi connectivity index (χ0n) is 16.9. The second-order valence-corrected chi connectivity index (χ2v) is 7.54. The molecule has 1 aromatic heterocycles. The molecule has 2 saturated heterocycles. The Morgan fingerprint density at radius 3 is 2.93 bits per heavy atom. The molecule has 3 heterocycles. The van der Waals surface area contributed by atoms with Crippen molar-refractivity contribution < 1.29 is 14.0 Å². The van der Waals surface area contributed by atoms with Crippen LogP contribution in [0, 0.1) is 0 Å². The molecule has 2 unspecified atom stereocenters. The highest BCUT2D eigenvalue weighted by atomic mass is 127. The number of halogens is 2. The van der Waals surface area contributed by atoms with Crippen LogP contribution in [0.25, 0.3) is 11.4 Å². The number of aliphatic imine (C=N–C) groups is 1. The molecule has 0 bridgehead atoms. The van der Waals surface area contributed by atoms with E-state index in [1.54, 1.807) is 0 Å². The van der Waals surface area contributed by atoms with E-state index in [4.69, 9.17) is 30.6 Å². The first-order valence-corrected chi connectivity index (χ1v) is 10.5. The minimum absolute atomic E-state index is 0. The summed E-state index contributed by atoms with van der Waals surface area (Å²) < 4.78 is 17.1. The number of hydrogen-bond acceptors (Lipinski definition) is 6. The molecule has 1 N–H and O–H groups in total. The molecule has 0 amide bonds. The largest absolute Gasteiger partial charge is 0.375 e. The predicted octanol–water partition coefficient (Wildman–Crippen LogP) is 3.35. The lowest BCUT2D eigenvalue weighted by atomic mass is 10.1. The van der Waals surface area contributed by atoms with Crippen LogP contribution in [-0.2, 0) is 16.0 Å². The molecule has 10 heteroatoms. The minimum atomic E-state index is 0. The van der Waals surface area contributed by atoms with Gasteiger partial charge in [-0.25, -0.2) is 4.99 Å². The van der Waals surface area contributed by atoms with Gasteiger partial charge in [0.25, 0.3) is 0 Å².